The van der Waals surface area contributed by atoms with Gasteiger partial charge in [-0.3, -0.25) is 0 Å². The van der Waals surface area contributed by atoms with Crippen LogP contribution in [0, 0.1) is 0 Å². The summed E-state index contributed by atoms with van der Waals surface area (Å²) in [6.07, 6.45) is 2.84. The van der Waals surface area contributed by atoms with Crippen LogP contribution < -0.4 is 5.73 Å². The Morgan fingerprint density at radius 1 is 1.05 bits per heavy atom. The van der Waals surface area contributed by atoms with Gasteiger partial charge in [0.1, 0.15) is 0 Å². The minimum atomic E-state index is -0.339. The number of hydrogen-bond acceptors (Lipinski definition) is 3. The van der Waals surface area contributed by atoms with Gasteiger partial charge in [0.2, 0.25) is 0 Å². The molecule has 2 rings (SSSR count). The highest BCUT2D eigenvalue weighted by Crippen LogP contribution is 2.24. The van der Waals surface area contributed by atoms with Crippen LogP contribution in [0.1, 0.15) is 28.8 Å². The number of nitrogen functional groups attached to an aromatic ring is 1. The first-order valence-electron chi connectivity index (χ1n) is 6.93. The summed E-state index contributed by atoms with van der Waals surface area (Å²) in [5.74, 6) is -0.339. The zero-order chi connectivity index (χ0) is 15.1. The van der Waals surface area contributed by atoms with Gasteiger partial charge in [-0.05, 0) is 52.9 Å². The molecule has 0 unspecified atom stereocenters. The van der Waals surface area contributed by atoms with Crippen molar-refractivity contribution in [2.75, 3.05) is 12.3 Å². The lowest BCUT2D eigenvalue weighted by Gasteiger charge is -2.08. The molecule has 0 amide bonds. The number of anilines is 1. The molecule has 0 atom stereocenters. The van der Waals surface area contributed by atoms with E-state index in [0.717, 1.165) is 19.3 Å². The number of unbranched alkanes of at least 4 members (excludes halogenated alkanes) is 1. The Morgan fingerprint density at radius 2 is 1.81 bits per heavy atom. The summed E-state index contributed by atoms with van der Waals surface area (Å²) in [4.78, 5) is 11.9. The third-order valence-electron chi connectivity index (χ3n) is 3.18. The Kier molecular flexibility index (Phi) is 5.81. The van der Waals surface area contributed by atoms with Crippen LogP contribution in [0.2, 0.25) is 0 Å². The second-order valence-corrected chi connectivity index (χ2v) is 5.58. The van der Waals surface area contributed by atoms with E-state index in [1.165, 1.54) is 5.56 Å². The Balaban J connectivity index is 1.73. The molecule has 21 heavy (non-hydrogen) atoms. The summed E-state index contributed by atoms with van der Waals surface area (Å²) < 4.78 is 5.87. The van der Waals surface area contributed by atoms with Gasteiger partial charge in [-0.1, -0.05) is 36.4 Å². The topological polar surface area (TPSA) is 52.3 Å². The maximum Gasteiger partial charge on any atom is 0.339 e. The number of esters is 1. The molecule has 0 spiro atoms. The molecule has 0 aromatic heterocycles. The highest BCUT2D eigenvalue weighted by atomic mass is 79.9. The number of rotatable bonds is 6. The van der Waals surface area contributed by atoms with E-state index in [0.29, 0.717) is 22.3 Å². The van der Waals surface area contributed by atoms with E-state index in [-0.39, 0.29) is 5.97 Å². The molecule has 0 heterocycles. The Morgan fingerprint density at radius 3 is 2.57 bits per heavy atom. The average Bonchev–Trinajstić information content (AvgIpc) is 2.50. The van der Waals surface area contributed by atoms with Gasteiger partial charge in [0.25, 0.3) is 0 Å². The summed E-state index contributed by atoms with van der Waals surface area (Å²) in [7, 11) is 0. The second-order valence-electron chi connectivity index (χ2n) is 4.79. The first-order valence-corrected chi connectivity index (χ1v) is 7.73. The van der Waals surface area contributed by atoms with E-state index < -0.39 is 0 Å². The minimum Gasteiger partial charge on any atom is -0.462 e. The lowest BCUT2D eigenvalue weighted by molar-refractivity contribution is 0.0497. The zero-order valence-electron chi connectivity index (χ0n) is 11.7. The molecule has 2 aromatic rings. The summed E-state index contributed by atoms with van der Waals surface area (Å²) in [6, 6.07) is 15.5. The fourth-order valence-electron chi connectivity index (χ4n) is 2.03. The molecule has 110 valence electrons. The van der Waals surface area contributed by atoms with E-state index in [1.54, 1.807) is 18.2 Å². The maximum absolute atomic E-state index is 11.9. The number of carbonyl (C=O) groups is 1. The third-order valence-corrected chi connectivity index (χ3v) is 4.07. The third kappa shape index (κ3) is 4.60. The van der Waals surface area contributed by atoms with Crippen molar-refractivity contribution in [1.29, 1.82) is 0 Å². The Labute approximate surface area is 133 Å². The first-order chi connectivity index (χ1) is 10.2. The van der Waals surface area contributed by atoms with Crippen molar-refractivity contribution >= 4 is 27.6 Å². The van der Waals surface area contributed by atoms with Crippen molar-refractivity contribution in [2.24, 2.45) is 0 Å². The van der Waals surface area contributed by atoms with Crippen LogP contribution in [0.3, 0.4) is 0 Å². The number of benzene rings is 2. The van der Waals surface area contributed by atoms with E-state index in [9.17, 15) is 4.79 Å². The molecule has 0 aliphatic heterocycles. The fourth-order valence-corrected chi connectivity index (χ4v) is 2.45. The SMILES string of the molecule is Nc1cccc(C(=O)OCCCCc2ccccc2)c1Br. The van der Waals surface area contributed by atoms with Gasteiger partial charge in [0.15, 0.2) is 0 Å². The van der Waals surface area contributed by atoms with Crippen LogP contribution in [0.25, 0.3) is 0 Å². The molecule has 2 N–H and O–H groups in total. The number of nitrogens with two attached hydrogens (primary N) is 1. The largest absolute Gasteiger partial charge is 0.462 e. The van der Waals surface area contributed by atoms with Crippen LogP contribution in [0.15, 0.2) is 53.0 Å². The summed E-state index contributed by atoms with van der Waals surface area (Å²) in [5, 5.41) is 0. The predicted molar refractivity (Wildman–Crippen MR) is 88.2 cm³/mol. The van der Waals surface area contributed by atoms with Crippen molar-refractivity contribution in [3.05, 3.63) is 64.1 Å². The van der Waals surface area contributed by atoms with Gasteiger partial charge in [-0.25, -0.2) is 4.79 Å². The van der Waals surface area contributed by atoms with Crippen molar-refractivity contribution in [3.63, 3.8) is 0 Å². The quantitative estimate of drug-likeness (QED) is 0.483. The van der Waals surface area contributed by atoms with Crippen LogP contribution in [0.4, 0.5) is 5.69 Å². The number of halogens is 1. The molecule has 4 heteroatoms. The van der Waals surface area contributed by atoms with E-state index in [2.05, 4.69) is 28.1 Å². The molecule has 0 radical (unpaired) electrons. The highest BCUT2D eigenvalue weighted by Gasteiger charge is 2.12. The van der Waals surface area contributed by atoms with Crippen molar-refractivity contribution in [3.8, 4) is 0 Å². The summed E-state index contributed by atoms with van der Waals surface area (Å²) in [6.45, 7) is 0.424. The Hall–Kier alpha value is -1.81. The molecule has 0 aliphatic carbocycles. The summed E-state index contributed by atoms with van der Waals surface area (Å²) >= 11 is 3.31. The van der Waals surface area contributed by atoms with Gasteiger partial charge < -0.3 is 10.5 Å². The van der Waals surface area contributed by atoms with Crippen molar-refractivity contribution < 1.29 is 9.53 Å². The lowest BCUT2D eigenvalue weighted by atomic mass is 10.1. The van der Waals surface area contributed by atoms with Gasteiger partial charge in [0, 0.05) is 5.69 Å². The first kappa shape index (κ1) is 15.6. The fraction of sp³-hybridized carbons (Fsp3) is 0.235. The van der Waals surface area contributed by atoms with Crippen molar-refractivity contribution in [1.82, 2.24) is 0 Å². The predicted octanol–water partition coefficient (Wildman–Crippen LogP) is 4.21. The average molecular weight is 348 g/mol. The van der Waals surface area contributed by atoms with Gasteiger partial charge in [-0.15, -0.1) is 0 Å². The summed E-state index contributed by atoms with van der Waals surface area (Å²) in [5.41, 5.74) is 8.06. The highest BCUT2D eigenvalue weighted by molar-refractivity contribution is 9.10. The Bertz CT molecular complexity index is 599. The number of carbonyl (C=O) groups excluding carboxylic acids is 1. The molecular formula is C17H18BrNO2. The number of aryl methyl sites for hydroxylation is 1. The molecule has 0 saturated heterocycles. The number of ether oxygens (including phenoxy) is 1. The van der Waals surface area contributed by atoms with Crippen LogP contribution in [-0.2, 0) is 11.2 Å². The second kappa shape index (κ2) is 7.84. The molecular weight excluding hydrogens is 330 g/mol. The molecule has 0 bridgehead atoms. The monoisotopic (exact) mass is 347 g/mol. The minimum absolute atomic E-state index is 0.339. The van der Waals surface area contributed by atoms with E-state index in [1.807, 2.05) is 18.2 Å². The van der Waals surface area contributed by atoms with E-state index in [4.69, 9.17) is 10.5 Å². The molecule has 0 saturated carbocycles. The van der Waals surface area contributed by atoms with Gasteiger partial charge >= 0.3 is 5.97 Å². The molecule has 0 fully saturated rings. The molecule has 0 aliphatic rings. The van der Waals surface area contributed by atoms with Crippen LogP contribution in [0.5, 0.6) is 0 Å². The van der Waals surface area contributed by atoms with Gasteiger partial charge in [-0.2, -0.15) is 0 Å². The smallest absolute Gasteiger partial charge is 0.339 e. The van der Waals surface area contributed by atoms with Crippen LogP contribution >= 0.6 is 15.9 Å². The van der Waals surface area contributed by atoms with E-state index >= 15 is 0 Å². The lowest BCUT2D eigenvalue weighted by Crippen LogP contribution is -2.08. The van der Waals surface area contributed by atoms with Gasteiger partial charge in [0.05, 0.1) is 16.6 Å². The maximum atomic E-state index is 11.9. The molecule has 3 nitrogen and oxygen atoms in total. The number of hydrogen-bond donors (Lipinski definition) is 1. The van der Waals surface area contributed by atoms with Crippen molar-refractivity contribution in [2.45, 2.75) is 19.3 Å². The molecule has 2 aromatic carbocycles. The van der Waals surface area contributed by atoms with Crippen LogP contribution in [-0.4, -0.2) is 12.6 Å². The standard InChI is InChI=1S/C17H18BrNO2/c18-16-14(10-6-11-15(16)19)17(20)21-12-5-4-9-13-7-2-1-3-8-13/h1-3,6-8,10-11H,4-5,9,12,19H2. The normalized spacial score (nSPS) is 10.3. The zero-order valence-corrected chi connectivity index (χ0v) is 13.3.